The molecule has 114 valence electrons. The number of rotatable bonds is 7. The first kappa shape index (κ1) is 16.0. The highest BCUT2D eigenvalue weighted by atomic mass is 79.9. The van der Waals surface area contributed by atoms with E-state index in [9.17, 15) is 4.39 Å². The van der Waals surface area contributed by atoms with E-state index in [1.807, 2.05) is 13.0 Å². The van der Waals surface area contributed by atoms with E-state index >= 15 is 0 Å². The number of nitrogens with one attached hydrogen (secondary N) is 1. The molecule has 1 aromatic carbocycles. The van der Waals surface area contributed by atoms with Gasteiger partial charge in [-0.15, -0.1) is 0 Å². The number of halogens is 2. The van der Waals surface area contributed by atoms with E-state index in [4.69, 9.17) is 9.15 Å². The lowest BCUT2D eigenvalue weighted by molar-refractivity contribution is 0.264. The fraction of sp³-hybridized carbons (Fsp3) is 0.375. The minimum atomic E-state index is -0.305. The summed E-state index contributed by atoms with van der Waals surface area (Å²) in [6, 6.07) is 6.54. The van der Waals surface area contributed by atoms with Gasteiger partial charge in [0.25, 0.3) is 0 Å². The molecule has 1 N–H and O–H groups in total. The summed E-state index contributed by atoms with van der Waals surface area (Å²) in [5, 5.41) is 3.31. The molecule has 2 rings (SSSR count). The van der Waals surface area contributed by atoms with Gasteiger partial charge in [0.2, 0.25) is 0 Å². The minimum absolute atomic E-state index is 0.305. The second-order valence-electron chi connectivity index (χ2n) is 4.86. The van der Waals surface area contributed by atoms with Crippen LogP contribution in [0.4, 0.5) is 4.39 Å². The van der Waals surface area contributed by atoms with Crippen molar-refractivity contribution in [2.24, 2.45) is 0 Å². The molecule has 1 aromatic heterocycles. The van der Waals surface area contributed by atoms with Crippen molar-refractivity contribution in [1.29, 1.82) is 0 Å². The minimum Gasteiger partial charge on any atom is -0.486 e. The molecule has 0 atom stereocenters. The molecule has 0 aliphatic heterocycles. The molecule has 0 fully saturated rings. The zero-order valence-electron chi connectivity index (χ0n) is 12.2. The zero-order chi connectivity index (χ0) is 15.2. The first-order valence-corrected chi connectivity index (χ1v) is 7.76. The molecule has 0 amide bonds. The predicted molar refractivity (Wildman–Crippen MR) is 83.9 cm³/mol. The highest BCUT2D eigenvalue weighted by Gasteiger charge is 2.08. The molecule has 0 aliphatic carbocycles. The average molecular weight is 356 g/mol. The topological polar surface area (TPSA) is 34.4 Å². The van der Waals surface area contributed by atoms with Crippen molar-refractivity contribution in [3.8, 4) is 5.75 Å². The van der Waals surface area contributed by atoms with Gasteiger partial charge in [0.1, 0.15) is 29.7 Å². The van der Waals surface area contributed by atoms with Crippen LogP contribution in [0.15, 0.2) is 33.2 Å². The van der Waals surface area contributed by atoms with Crippen molar-refractivity contribution in [2.45, 2.75) is 33.4 Å². The van der Waals surface area contributed by atoms with Crippen LogP contribution in [0.5, 0.6) is 5.75 Å². The van der Waals surface area contributed by atoms with Gasteiger partial charge in [0, 0.05) is 0 Å². The van der Waals surface area contributed by atoms with E-state index in [0.717, 1.165) is 36.6 Å². The molecular formula is C16H19BrFNO2. The van der Waals surface area contributed by atoms with Crippen LogP contribution in [0.1, 0.15) is 30.4 Å². The van der Waals surface area contributed by atoms with Crippen molar-refractivity contribution < 1.29 is 13.5 Å². The van der Waals surface area contributed by atoms with Gasteiger partial charge < -0.3 is 14.5 Å². The second kappa shape index (κ2) is 7.61. The van der Waals surface area contributed by atoms with Crippen LogP contribution in [0, 0.1) is 12.7 Å². The first-order valence-electron chi connectivity index (χ1n) is 6.97. The lowest BCUT2D eigenvalue weighted by Crippen LogP contribution is -2.13. The molecular weight excluding hydrogens is 337 g/mol. The van der Waals surface area contributed by atoms with E-state index in [1.54, 1.807) is 12.1 Å². The first-order chi connectivity index (χ1) is 10.1. The van der Waals surface area contributed by atoms with Gasteiger partial charge >= 0.3 is 0 Å². The van der Waals surface area contributed by atoms with Crippen LogP contribution in [-0.2, 0) is 13.2 Å². The van der Waals surface area contributed by atoms with Gasteiger partial charge in [-0.25, -0.2) is 4.39 Å². The summed E-state index contributed by atoms with van der Waals surface area (Å²) in [5.74, 6) is 1.99. The van der Waals surface area contributed by atoms with E-state index < -0.39 is 0 Å². The molecule has 2 aromatic rings. The summed E-state index contributed by atoms with van der Waals surface area (Å²) in [4.78, 5) is 0. The molecule has 0 bridgehead atoms. The zero-order valence-corrected chi connectivity index (χ0v) is 13.8. The normalized spacial score (nSPS) is 10.9. The molecule has 0 radical (unpaired) electrons. The van der Waals surface area contributed by atoms with Crippen LogP contribution < -0.4 is 10.1 Å². The van der Waals surface area contributed by atoms with E-state index in [1.165, 1.54) is 6.07 Å². The Morgan fingerprint density at radius 1 is 1.33 bits per heavy atom. The van der Waals surface area contributed by atoms with Crippen molar-refractivity contribution >= 4 is 15.9 Å². The average Bonchev–Trinajstić information content (AvgIpc) is 2.81. The molecule has 1 heterocycles. The summed E-state index contributed by atoms with van der Waals surface area (Å²) < 4.78 is 24.9. The van der Waals surface area contributed by atoms with E-state index in [0.29, 0.717) is 16.8 Å². The molecule has 0 saturated heterocycles. The van der Waals surface area contributed by atoms with E-state index in [-0.39, 0.29) is 5.82 Å². The standard InChI is InChI=1S/C16H19BrFNO2/c1-3-6-19-9-16-11(2)7-13(21-16)10-20-12-4-5-15(18)14(17)8-12/h4-5,7-8,19H,3,6,9-10H2,1-2H3. The Balaban J connectivity index is 1.93. The van der Waals surface area contributed by atoms with Gasteiger partial charge in [0.05, 0.1) is 11.0 Å². The summed E-state index contributed by atoms with van der Waals surface area (Å²) in [7, 11) is 0. The van der Waals surface area contributed by atoms with Crippen LogP contribution in [0.3, 0.4) is 0 Å². The number of aryl methyl sites for hydroxylation is 1. The highest BCUT2D eigenvalue weighted by Crippen LogP contribution is 2.23. The molecule has 5 heteroatoms. The maximum Gasteiger partial charge on any atom is 0.146 e. The molecule has 3 nitrogen and oxygen atoms in total. The Kier molecular flexibility index (Phi) is 5.82. The molecule has 0 aliphatic rings. The Hall–Kier alpha value is -1.33. The lowest BCUT2D eigenvalue weighted by atomic mass is 10.2. The second-order valence-corrected chi connectivity index (χ2v) is 5.71. The number of benzene rings is 1. The van der Waals surface area contributed by atoms with Gasteiger partial charge in [-0.1, -0.05) is 6.92 Å². The van der Waals surface area contributed by atoms with Crippen molar-refractivity contribution in [3.05, 3.63) is 51.6 Å². The van der Waals surface area contributed by atoms with Crippen molar-refractivity contribution in [3.63, 3.8) is 0 Å². The van der Waals surface area contributed by atoms with Gasteiger partial charge in [-0.2, -0.15) is 0 Å². The Bertz CT molecular complexity index is 598. The SMILES string of the molecule is CCCNCc1oc(COc2ccc(F)c(Br)c2)cc1C. The molecule has 21 heavy (non-hydrogen) atoms. The summed E-state index contributed by atoms with van der Waals surface area (Å²) in [6.45, 7) is 6.16. The Labute approximate surface area is 132 Å². The number of hydrogen-bond acceptors (Lipinski definition) is 3. The fourth-order valence-corrected chi connectivity index (χ4v) is 2.29. The maximum atomic E-state index is 13.1. The smallest absolute Gasteiger partial charge is 0.146 e. The largest absolute Gasteiger partial charge is 0.486 e. The summed E-state index contributed by atoms with van der Waals surface area (Å²) in [5.41, 5.74) is 1.11. The summed E-state index contributed by atoms with van der Waals surface area (Å²) in [6.07, 6.45) is 1.09. The quantitative estimate of drug-likeness (QED) is 0.738. The van der Waals surface area contributed by atoms with Gasteiger partial charge in [-0.05, 0) is 65.6 Å². The Morgan fingerprint density at radius 3 is 2.86 bits per heavy atom. The highest BCUT2D eigenvalue weighted by molar-refractivity contribution is 9.10. The lowest BCUT2D eigenvalue weighted by Gasteiger charge is -2.05. The third-order valence-corrected chi connectivity index (χ3v) is 3.66. The number of ether oxygens (including phenoxy) is 1. The monoisotopic (exact) mass is 355 g/mol. The van der Waals surface area contributed by atoms with Gasteiger partial charge in [0.15, 0.2) is 0 Å². The van der Waals surface area contributed by atoms with Crippen molar-refractivity contribution in [2.75, 3.05) is 6.54 Å². The molecule has 0 unspecified atom stereocenters. The van der Waals surface area contributed by atoms with Crippen LogP contribution in [0.25, 0.3) is 0 Å². The van der Waals surface area contributed by atoms with Crippen LogP contribution in [-0.4, -0.2) is 6.54 Å². The maximum absolute atomic E-state index is 13.1. The third kappa shape index (κ3) is 4.58. The third-order valence-electron chi connectivity index (χ3n) is 3.06. The van der Waals surface area contributed by atoms with Gasteiger partial charge in [-0.3, -0.25) is 0 Å². The predicted octanol–water partition coefficient (Wildman–Crippen LogP) is 4.57. The number of furan rings is 1. The van der Waals surface area contributed by atoms with Crippen LogP contribution >= 0.6 is 15.9 Å². The van der Waals surface area contributed by atoms with Crippen molar-refractivity contribution in [1.82, 2.24) is 5.32 Å². The number of hydrogen-bond donors (Lipinski definition) is 1. The molecule has 0 spiro atoms. The summed E-state index contributed by atoms with van der Waals surface area (Å²) >= 11 is 3.14. The fourth-order valence-electron chi connectivity index (χ4n) is 1.94. The molecule has 0 saturated carbocycles. The van der Waals surface area contributed by atoms with Crippen LogP contribution in [0.2, 0.25) is 0 Å². The Morgan fingerprint density at radius 2 is 2.14 bits per heavy atom. The van der Waals surface area contributed by atoms with E-state index in [2.05, 4.69) is 28.2 Å².